The van der Waals surface area contributed by atoms with Crippen LogP contribution in [0, 0.1) is 5.41 Å². The molecule has 1 aromatic rings. The fourth-order valence-electron chi connectivity index (χ4n) is 3.89. The van der Waals surface area contributed by atoms with Crippen LogP contribution in [0.25, 0.3) is 0 Å². The van der Waals surface area contributed by atoms with Gasteiger partial charge >= 0.3 is 0 Å². The molecule has 2 fully saturated rings. The Morgan fingerprint density at radius 2 is 2.19 bits per heavy atom. The van der Waals surface area contributed by atoms with Crippen molar-refractivity contribution >= 4 is 17.2 Å². The van der Waals surface area contributed by atoms with Crippen LogP contribution in [0.15, 0.2) is 17.5 Å². The highest BCUT2D eigenvalue weighted by Gasteiger charge is 2.53. The van der Waals surface area contributed by atoms with Gasteiger partial charge in [0.15, 0.2) is 0 Å². The van der Waals surface area contributed by atoms with Crippen molar-refractivity contribution in [3.05, 3.63) is 22.4 Å². The summed E-state index contributed by atoms with van der Waals surface area (Å²) in [7, 11) is 0. The minimum Gasteiger partial charge on any atom is -0.317 e. The smallest absolute Gasteiger partial charge is 0.244 e. The highest BCUT2D eigenvalue weighted by Crippen LogP contribution is 2.46. The van der Waals surface area contributed by atoms with E-state index in [1.54, 1.807) is 11.3 Å². The van der Waals surface area contributed by atoms with Crippen LogP contribution in [0.3, 0.4) is 0 Å². The molecule has 1 aliphatic carbocycles. The van der Waals surface area contributed by atoms with Crippen molar-refractivity contribution < 1.29 is 4.79 Å². The minimum absolute atomic E-state index is 0.0461. The molecule has 0 bridgehead atoms. The average molecular weight is 306 g/mol. The Morgan fingerprint density at radius 3 is 2.71 bits per heavy atom. The van der Waals surface area contributed by atoms with Crippen molar-refractivity contribution in [3.8, 4) is 0 Å². The molecule has 0 aromatic carbocycles. The lowest BCUT2D eigenvalue weighted by Gasteiger charge is -2.38. The van der Waals surface area contributed by atoms with E-state index in [0.717, 1.165) is 12.8 Å². The number of hydrogen-bond acceptors (Lipinski definition) is 3. The Balaban J connectivity index is 2.00. The Labute approximate surface area is 131 Å². The molecule has 2 aliphatic rings. The fraction of sp³-hybridized carbons (Fsp3) is 0.706. The van der Waals surface area contributed by atoms with Gasteiger partial charge in [0.25, 0.3) is 0 Å². The van der Waals surface area contributed by atoms with Crippen molar-refractivity contribution in [2.45, 2.75) is 71.1 Å². The molecular weight excluding hydrogens is 280 g/mol. The van der Waals surface area contributed by atoms with Gasteiger partial charge in [0.05, 0.1) is 5.54 Å². The number of nitrogens with zero attached hydrogens (tertiary/aromatic N) is 1. The van der Waals surface area contributed by atoms with E-state index in [0.29, 0.717) is 6.04 Å². The largest absolute Gasteiger partial charge is 0.317 e. The Morgan fingerprint density at radius 1 is 1.43 bits per heavy atom. The summed E-state index contributed by atoms with van der Waals surface area (Å²) in [6.45, 7) is 8.77. The quantitative estimate of drug-likeness (QED) is 0.918. The summed E-state index contributed by atoms with van der Waals surface area (Å²) < 4.78 is 0. The van der Waals surface area contributed by atoms with Gasteiger partial charge in [-0.15, -0.1) is 11.3 Å². The van der Waals surface area contributed by atoms with Crippen molar-refractivity contribution in [2.24, 2.45) is 5.41 Å². The van der Waals surface area contributed by atoms with E-state index in [1.165, 1.54) is 17.7 Å². The van der Waals surface area contributed by atoms with Crippen molar-refractivity contribution in [2.75, 3.05) is 0 Å². The molecule has 1 amide bonds. The fourth-order valence-corrected chi connectivity index (χ4v) is 4.66. The second kappa shape index (κ2) is 5.10. The van der Waals surface area contributed by atoms with Crippen LogP contribution < -0.4 is 5.32 Å². The number of thiophene rings is 1. The molecule has 1 aliphatic heterocycles. The molecule has 3 rings (SSSR count). The second-order valence-corrected chi connectivity index (χ2v) is 8.34. The van der Waals surface area contributed by atoms with Crippen LogP contribution in [0.5, 0.6) is 0 Å². The van der Waals surface area contributed by atoms with Gasteiger partial charge in [0.1, 0.15) is 6.17 Å². The predicted molar refractivity (Wildman–Crippen MR) is 87.2 cm³/mol. The van der Waals surface area contributed by atoms with Crippen molar-refractivity contribution in [1.82, 2.24) is 10.2 Å². The first kappa shape index (κ1) is 15.0. The van der Waals surface area contributed by atoms with Gasteiger partial charge in [-0.25, -0.2) is 0 Å². The maximum atomic E-state index is 13.1. The lowest BCUT2D eigenvalue weighted by atomic mass is 9.85. The monoisotopic (exact) mass is 306 g/mol. The molecule has 1 saturated heterocycles. The molecule has 3 nitrogen and oxygen atoms in total. The maximum Gasteiger partial charge on any atom is 0.244 e. The third-order valence-electron chi connectivity index (χ3n) is 5.50. The van der Waals surface area contributed by atoms with E-state index in [1.807, 2.05) is 0 Å². The van der Waals surface area contributed by atoms with Gasteiger partial charge in [0, 0.05) is 10.9 Å². The van der Waals surface area contributed by atoms with Gasteiger partial charge in [-0.2, -0.15) is 0 Å². The molecule has 4 heteroatoms. The lowest BCUT2D eigenvalue weighted by Crippen LogP contribution is -2.47. The Hall–Kier alpha value is -0.870. The molecule has 2 heterocycles. The first-order valence-electron chi connectivity index (χ1n) is 8.03. The molecule has 1 saturated carbocycles. The molecule has 3 atom stereocenters. The number of amides is 1. The van der Waals surface area contributed by atoms with E-state index in [2.05, 4.69) is 55.4 Å². The van der Waals surface area contributed by atoms with E-state index in [9.17, 15) is 4.79 Å². The van der Waals surface area contributed by atoms with Gasteiger partial charge in [-0.1, -0.05) is 33.3 Å². The summed E-state index contributed by atoms with van der Waals surface area (Å²) in [5.74, 6) is 0.281. The third-order valence-corrected chi connectivity index (χ3v) is 6.42. The summed E-state index contributed by atoms with van der Waals surface area (Å²) in [5.41, 5.74) is -0.209. The van der Waals surface area contributed by atoms with Gasteiger partial charge in [0.2, 0.25) is 5.91 Å². The maximum absolute atomic E-state index is 13.1. The number of rotatable bonds is 3. The van der Waals surface area contributed by atoms with Crippen LogP contribution in [-0.4, -0.2) is 22.4 Å². The SMILES string of the molecule is CCC1(C)NC(c2cccs2)N(C2CCCC2(C)C)C1=O. The standard InChI is InChI=1S/C17H26N2OS/c1-5-17(4)15(20)19(13-9-6-10-16(13,2)3)14(18-17)12-8-7-11-21-12/h7-8,11,13-14,18H,5-6,9-10H2,1-4H3. The van der Waals surface area contributed by atoms with Crippen molar-refractivity contribution in [3.63, 3.8) is 0 Å². The van der Waals surface area contributed by atoms with Gasteiger partial charge in [-0.3, -0.25) is 10.1 Å². The molecular formula is C17H26N2OS. The first-order chi connectivity index (χ1) is 9.89. The number of carbonyl (C=O) groups excluding carboxylic acids is 1. The average Bonchev–Trinajstić information content (AvgIpc) is 3.11. The van der Waals surface area contributed by atoms with Crippen molar-refractivity contribution in [1.29, 1.82) is 0 Å². The number of nitrogens with one attached hydrogen (secondary N) is 1. The summed E-state index contributed by atoms with van der Waals surface area (Å²) >= 11 is 1.74. The molecule has 0 radical (unpaired) electrons. The molecule has 3 unspecified atom stereocenters. The Kier molecular flexibility index (Phi) is 3.65. The summed E-state index contributed by atoms with van der Waals surface area (Å²) in [6, 6.07) is 4.57. The van der Waals surface area contributed by atoms with Crippen LogP contribution in [0.1, 0.15) is 64.4 Å². The first-order valence-corrected chi connectivity index (χ1v) is 8.91. The highest BCUT2D eigenvalue weighted by molar-refractivity contribution is 7.10. The molecule has 1 aromatic heterocycles. The number of hydrogen-bond donors (Lipinski definition) is 1. The van der Waals surface area contributed by atoms with Gasteiger partial charge in [-0.05, 0) is 43.0 Å². The Bertz CT molecular complexity index is 525. The minimum atomic E-state index is -0.423. The second-order valence-electron chi connectivity index (χ2n) is 7.36. The van der Waals surface area contributed by atoms with E-state index < -0.39 is 5.54 Å². The van der Waals surface area contributed by atoms with E-state index in [-0.39, 0.29) is 17.5 Å². The van der Waals surface area contributed by atoms with Crippen LogP contribution in [0.2, 0.25) is 0 Å². The van der Waals surface area contributed by atoms with Crippen LogP contribution >= 0.6 is 11.3 Å². The predicted octanol–water partition coefficient (Wildman–Crippen LogP) is 3.93. The summed E-state index contributed by atoms with van der Waals surface area (Å²) in [4.78, 5) is 16.5. The normalized spacial score (nSPS) is 35.6. The van der Waals surface area contributed by atoms with Crippen LogP contribution in [-0.2, 0) is 4.79 Å². The highest BCUT2D eigenvalue weighted by atomic mass is 32.1. The van der Waals surface area contributed by atoms with Gasteiger partial charge < -0.3 is 4.90 Å². The molecule has 1 N–H and O–H groups in total. The zero-order valence-corrected chi connectivity index (χ0v) is 14.3. The van der Waals surface area contributed by atoms with E-state index >= 15 is 0 Å². The summed E-state index contributed by atoms with van der Waals surface area (Å²) in [5, 5.41) is 5.72. The summed E-state index contributed by atoms with van der Waals surface area (Å²) in [6.07, 6.45) is 4.44. The lowest BCUT2D eigenvalue weighted by molar-refractivity contribution is -0.137. The third kappa shape index (κ3) is 2.33. The van der Waals surface area contributed by atoms with Crippen LogP contribution in [0.4, 0.5) is 0 Å². The molecule has 21 heavy (non-hydrogen) atoms. The number of carbonyl (C=O) groups is 1. The molecule has 0 spiro atoms. The molecule has 116 valence electrons. The zero-order valence-electron chi connectivity index (χ0n) is 13.5. The topological polar surface area (TPSA) is 32.3 Å². The van der Waals surface area contributed by atoms with E-state index in [4.69, 9.17) is 0 Å². The zero-order chi connectivity index (χ0) is 15.3.